The number of hydrogen-bond acceptors (Lipinski definition) is 3. The highest BCUT2D eigenvalue weighted by molar-refractivity contribution is 5.95. The van der Waals surface area contributed by atoms with Crippen molar-refractivity contribution in [3.8, 4) is 0 Å². The number of nitrogens with zero attached hydrogens (tertiary/aromatic N) is 4. The van der Waals surface area contributed by atoms with Crippen LogP contribution in [0.2, 0.25) is 0 Å². The van der Waals surface area contributed by atoms with Gasteiger partial charge in [-0.15, -0.1) is 0 Å². The predicted octanol–water partition coefficient (Wildman–Crippen LogP) is 3.70. The first kappa shape index (κ1) is 19.5. The van der Waals surface area contributed by atoms with Gasteiger partial charge in [0.1, 0.15) is 0 Å². The van der Waals surface area contributed by atoms with E-state index in [4.69, 9.17) is 0 Å². The highest BCUT2D eigenvalue weighted by atomic mass is 16.2. The van der Waals surface area contributed by atoms with Crippen LogP contribution in [-0.4, -0.2) is 56.6 Å². The minimum atomic E-state index is -0.161. The Kier molecular flexibility index (Phi) is 5.48. The molecular weight excluding hydrogens is 352 g/mol. The van der Waals surface area contributed by atoms with Crippen molar-refractivity contribution in [1.82, 2.24) is 19.6 Å². The fraction of sp³-hybridized carbons (Fsp3) is 0.773. The van der Waals surface area contributed by atoms with E-state index in [1.807, 2.05) is 16.7 Å². The van der Waals surface area contributed by atoms with Crippen molar-refractivity contribution in [2.45, 2.75) is 89.6 Å². The summed E-state index contributed by atoms with van der Waals surface area (Å²) in [6, 6.07) is 0.439. The Bertz CT molecular complexity index is 729. The smallest absolute Gasteiger partial charge is 0.257 e. The molecular formula is C22H34N4O2. The van der Waals surface area contributed by atoms with E-state index in [-0.39, 0.29) is 17.4 Å². The molecule has 2 saturated carbocycles. The van der Waals surface area contributed by atoms with Crippen LogP contribution in [0.25, 0.3) is 0 Å². The van der Waals surface area contributed by atoms with E-state index in [1.54, 1.807) is 13.1 Å². The second kappa shape index (κ2) is 7.88. The minimum absolute atomic E-state index is 0.0905. The molecule has 3 fully saturated rings. The van der Waals surface area contributed by atoms with Crippen LogP contribution in [0.3, 0.4) is 0 Å². The summed E-state index contributed by atoms with van der Waals surface area (Å²) < 4.78 is 2.09. The number of carbonyl (C=O) groups is 2. The Balaban J connectivity index is 1.53. The normalized spacial score (nSPS) is 23.2. The largest absolute Gasteiger partial charge is 0.334 e. The molecule has 28 heavy (non-hydrogen) atoms. The third-order valence-electron chi connectivity index (χ3n) is 7.30. The zero-order valence-electron chi connectivity index (χ0n) is 17.5. The van der Waals surface area contributed by atoms with Crippen molar-refractivity contribution in [3.05, 3.63) is 17.5 Å². The molecule has 0 aromatic carbocycles. The third-order valence-corrected chi connectivity index (χ3v) is 7.30. The number of aromatic nitrogens is 2. The van der Waals surface area contributed by atoms with Gasteiger partial charge in [-0.2, -0.15) is 5.10 Å². The van der Waals surface area contributed by atoms with Crippen molar-refractivity contribution in [2.75, 3.05) is 19.6 Å². The van der Waals surface area contributed by atoms with Gasteiger partial charge in [0.05, 0.1) is 23.3 Å². The number of carbonyl (C=O) groups excluding carboxylic acids is 2. The Morgan fingerprint density at radius 3 is 2.39 bits per heavy atom. The highest BCUT2D eigenvalue weighted by Crippen LogP contribution is 2.37. The summed E-state index contributed by atoms with van der Waals surface area (Å²) in [5.41, 5.74) is 1.59. The van der Waals surface area contributed by atoms with E-state index in [0.29, 0.717) is 25.7 Å². The maximum atomic E-state index is 13.4. The molecule has 4 rings (SSSR count). The Morgan fingerprint density at radius 1 is 1.04 bits per heavy atom. The van der Waals surface area contributed by atoms with Crippen LogP contribution in [0.5, 0.6) is 0 Å². The summed E-state index contributed by atoms with van der Waals surface area (Å²) in [7, 11) is 0. The fourth-order valence-electron chi connectivity index (χ4n) is 5.78. The maximum Gasteiger partial charge on any atom is 0.257 e. The van der Waals surface area contributed by atoms with E-state index in [9.17, 15) is 9.59 Å². The molecule has 1 aliphatic heterocycles. The summed E-state index contributed by atoms with van der Waals surface area (Å²) in [6.45, 7) is 5.65. The molecule has 0 N–H and O–H groups in total. The molecule has 3 aliphatic rings. The highest BCUT2D eigenvalue weighted by Gasteiger charge is 2.45. The molecule has 0 radical (unpaired) electrons. The molecule has 1 aromatic rings. The summed E-state index contributed by atoms with van der Waals surface area (Å²) in [6.07, 6.45) is 13.5. The molecule has 6 heteroatoms. The van der Waals surface area contributed by atoms with E-state index in [0.717, 1.165) is 49.8 Å². The molecule has 2 amide bonds. The second-order valence-corrected chi connectivity index (χ2v) is 9.06. The lowest BCUT2D eigenvalue weighted by Gasteiger charge is -2.52. The van der Waals surface area contributed by atoms with Crippen LogP contribution in [-0.2, 0) is 4.79 Å². The molecule has 0 bridgehead atoms. The molecule has 1 saturated heterocycles. The van der Waals surface area contributed by atoms with Gasteiger partial charge in [-0.3, -0.25) is 14.3 Å². The van der Waals surface area contributed by atoms with Crippen molar-refractivity contribution in [2.24, 2.45) is 0 Å². The van der Waals surface area contributed by atoms with Gasteiger partial charge in [-0.25, -0.2) is 0 Å². The number of amides is 2. The van der Waals surface area contributed by atoms with Crippen molar-refractivity contribution in [3.63, 3.8) is 0 Å². The van der Waals surface area contributed by atoms with Crippen LogP contribution in [0, 0.1) is 6.92 Å². The molecule has 0 unspecified atom stereocenters. The van der Waals surface area contributed by atoms with E-state index in [2.05, 4.69) is 9.78 Å². The SMILES string of the molecule is CC(=O)N1CCN(C(=O)c2cnn(C3CCCCC3)c2C)CC12CCCCC2. The lowest BCUT2D eigenvalue weighted by atomic mass is 9.78. The summed E-state index contributed by atoms with van der Waals surface area (Å²) in [5, 5.41) is 4.61. The van der Waals surface area contributed by atoms with Gasteiger partial charge in [-0.05, 0) is 32.6 Å². The first-order valence-corrected chi connectivity index (χ1v) is 11.1. The predicted molar refractivity (Wildman–Crippen MR) is 108 cm³/mol. The van der Waals surface area contributed by atoms with Crippen LogP contribution in [0.15, 0.2) is 6.20 Å². The summed E-state index contributed by atoms with van der Waals surface area (Å²) >= 11 is 0. The van der Waals surface area contributed by atoms with Gasteiger partial charge in [0, 0.05) is 32.3 Å². The van der Waals surface area contributed by atoms with Crippen molar-refractivity contribution in [1.29, 1.82) is 0 Å². The maximum absolute atomic E-state index is 13.4. The molecule has 154 valence electrons. The Labute approximate surface area is 168 Å². The third kappa shape index (κ3) is 3.46. The molecule has 1 aromatic heterocycles. The lowest BCUT2D eigenvalue weighted by Crippen LogP contribution is -2.65. The number of piperazine rings is 1. The molecule has 0 atom stereocenters. The first-order chi connectivity index (χ1) is 13.5. The van der Waals surface area contributed by atoms with Gasteiger partial charge >= 0.3 is 0 Å². The van der Waals surface area contributed by atoms with Gasteiger partial charge in [0.25, 0.3) is 5.91 Å². The average molecular weight is 387 g/mol. The van der Waals surface area contributed by atoms with Crippen molar-refractivity contribution < 1.29 is 9.59 Å². The number of hydrogen-bond donors (Lipinski definition) is 0. The summed E-state index contributed by atoms with van der Waals surface area (Å²) in [4.78, 5) is 29.7. The monoisotopic (exact) mass is 386 g/mol. The quantitative estimate of drug-likeness (QED) is 0.779. The van der Waals surface area contributed by atoms with Crippen LogP contribution < -0.4 is 0 Å². The second-order valence-electron chi connectivity index (χ2n) is 9.06. The van der Waals surface area contributed by atoms with Gasteiger partial charge < -0.3 is 9.80 Å². The van der Waals surface area contributed by atoms with E-state index >= 15 is 0 Å². The van der Waals surface area contributed by atoms with Gasteiger partial charge in [-0.1, -0.05) is 38.5 Å². The molecule has 1 spiro atoms. The zero-order chi connectivity index (χ0) is 19.7. The van der Waals surface area contributed by atoms with E-state index in [1.165, 1.54) is 25.7 Å². The molecule has 2 heterocycles. The Hall–Kier alpha value is -1.85. The summed E-state index contributed by atoms with van der Waals surface area (Å²) in [5.74, 6) is 0.239. The lowest BCUT2D eigenvalue weighted by molar-refractivity contribution is -0.141. The van der Waals surface area contributed by atoms with Crippen LogP contribution in [0.4, 0.5) is 0 Å². The number of rotatable bonds is 2. The van der Waals surface area contributed by atoms with Crippen molar-refractivity contribution >= 4 is 11.8 Å². The topological polar surface area (TPSA) is 58.4 Å². The zero-order valence-corrected chi connectivity index (χ0v) is 17.5. The molecule has 2 aliphatic carbocycles. The fourth-order valence-corrected chi connectivity index (χ4v) is 5.78. The van der Waals surface area contributed by atoms with Gasteiger partial charge in [0.2, 0.25) is 5.91 Å². The molecule has 6 nitrogen and oxygen atoms in total. The van der Waals surface area contributed by atoms with Crippen LogP contribution >= 0.6 is 0 Å². The minimum Gasteiger partial charge on any atom is -0.334 e. The standard InChI is InChI=1S/C22H34N4O2/c1-17-20(15-23-26(17)19-9-5-3-6-10-19)21(28)24-13-14-25(18(2)27)22(16-24)11-7-4-8-12-22/h15,19H,3-14,16H2,1-2H3. The first-order valence-electron chi connectivity index (χ1n) is 11.1. The average Bonchev–Trinajstić information content (AvgIpc) is 3.09. The Morgan fingerprint density at radius 2 is 1.71 bits per heavy atom. The van der Waals surface area contributed by atoms with Crippen LogP contribution in [0.1, 0.15) is 93.2 Å². The van der Waals surface area contributed by atoms with Gasteiger partial charge in [0.15, 0.2) is 0 Å². The van der Waals surface area contributed by atoms with E-state index < -0.39 is 0 Å².